The van der Waals surface area contributed by atoms with Gasteiger partial charge in [-0.05, 0) is 145 Å². The minimum Gasteiger partial charge on any atom is -0.508 e. The molecule has 7 aromatic rings. The largest absolute Gasteiger partial charge is 0.508 e. The van der Waals surface area contributed by atoms with Crippen LogP contribution in [0.4, 0.5) is 5.82 Å². The number of benzene rings is 6. The number of fused-ring (bicyclic) bond motifs is 15. The number of nitrogens with one attached hydrogen (secondary N) is 10. The predicted octanol–water partition coefficient (Wildman–Crippen LogP) is 1.59. The lowest BCUT2D eigenvalue weighted by Gasteiger charge is -2.48. The van der Waals surface area contributed by atoms with Gasteiger partial charge in [-0.1, -0.05) is 79.0 Å². The molecule has 0 aliphatic carbocycles. The summed E-state index contributed by atoms with van der Waals surface area (Å²) in [5.41, 5.74) is 3.96. The van der Waals surface area contributed by atoms with Crippen LogP contribution < -0.4 is 79.0 Å². The van der Waals surface area contributed by atoms with Gasteiger partial charge in [-0.15, -0.1) is 0 Å². The van der Waals surface area contributed by atoms with Crippen LogP contribution in [-0.2, 0) is 73.5 Å². The minimum absolute atomic E-state index is 0.0353. The third kappa shape index (κ3) is 22.9. The highest BCUT2D eigenvalue weighted by atomic mass is 35.5. The molecule has 6 aromatic carbocycles. The molecule has 0 saturated carbocycles. The standard InChI is InChI=1S/C87H99Cl3N14O27/c1-39(2)28-52(92-5)78(116)100-69-71(111)43-10-15-56(50(89)30-43)127-58-32-45-33-59(75(58)131-85-76(74(114)73(113)60(38-105)129-85)130-64-37-87(4,77(115)40(3)126-64)93-19-21-104-20-18-62(96-86(104)123)95-63(110)17-8-41-6-12-46(88)13-7-41)128-57-16-11-44(31-51(57)90)72(112)70-83(121)99-68(84(122)102-125-27-24-103-22-25-124-26-23-103)49-34-47(106)35-55(108)65(49)48-29-42(9-14-54(48)107)66(80(118)101-70)98-81(119)67(45)97-79(117)53(36-61(91)109)94-82(69)120/h6-18,20,29-35,39-40,52-53,60,64,66-74,76-77,85,92-93,105-108,111-115H,19,21-28,36-38H2,1-5H3,(H2,91,109)(H,94,120)(H,97,117)(H,98,119)(H,99,121)(H,100,116)(H,101,118)(H,102,122)(H,95,96,110,123)/b17-8+/t40?,52?,53?,60?,64?,66?,67?,68-,69?,70?,71?,72?,73?,74?,76?,77?,85?,87-/m1/s1. The average molecular weight is 1880 g/mol. The Hall–Kier alpha value is -11.7. The number of primary amides is 1. The number of likely N-dealkylation sites (N-methyl/N-ethyl adjacent to an activating group) is 1. The second-order valence-electron chi connectivity index (χ2n) is 32.6. The summed E-state index contributed by atoms with van der Waals surface area (Å²) in [4.78, 5) is 159. The molecule has 41 nitrogen and oxygen atoms in total. The molecule has 18 atom stereocenters. The highest BCUT2D eigenvalue weighted by Gasteiger charge is 2.52. The van der Waals surface area contributed by atoms with Crippen LogP contribution in [0.25, 0.3) is 17.2 Å². The van der Waals surface area contributed by atoms with E-state index in [0.29, 0.717) is 36.9 Å². The molecule has 0 radical (unpaired) electrons. The van der Waals surface area contributed by atoms with Crippen molar-refractivity contribution in [2.24, 2.45) is 11.7 Å². The molecule has 11 bridgehead atoms. The fraction of sp³-hybridized carbons (Fsp3) is 0.414. The van der Waals surface area contributed by atoms with Crippen molar-refractivity contribution in [1.29, 1.82) is 0 Å². The second kappa shape index (κ2) is 42.2. The van der Waals surface area contributed by atoms with Crippen molar-refractivity contribution in [2.75, 3.05) is 65.0 Å². The fourth-order valence-electron chi connectivity index (χ4n) is 15.9. The number of halogens is 3. The van der Waals surface area contributed by atoms with E-state index < -0.39 is 254 Å². The fourth-order valence-corrected chi connectivity index (χ4v) is 16.5. The zero-order chi connectivity index (χ0) is 94.1. The lowest BCUT2D eigenvalue weighted by molar-refractivity contribution is -0.334. The molecule has 700 valence electrons. The molecule has 0 spiro atoms. The van der Waals surface area contributed by atoms with Gasteiger partial charge in [0.2, 0.25) is 59.3 Å². The van der Waals surface area contributed by atoms with Crippen LogP contribution in [0.15, 0.2) is 126 Å². The Labute approximate surface area is 762 Å². The monoisotopic (exact) mass is 1880 g/mol. The van der Waals surface area contributed by atoms with Crippen molar-refractivity contribution in [2.45, 2.75) is 163 Å². The van der Waals surface area contributed by atoms with Gasteiger partial charge >= 0.3 is 5.69 Å². The quantitative estimate of drug-likeness (QED) is 0.0232. The molecule has 3 saturated heterocycles. The number of hydrogen-bond acceptors (Lipinski definition) is 31. The number of hydroxylamine groups is 1. The molecular weight excluding hydrogens is 1780 g/mol. The molecule has 21 N–H and O–H groups in total. The summed E-state index contributed by atoms with van der Waals surface area (Å²) in [5.74, 6) is -16.1. The van der Waals surface area contributed by atoms with Crippen LogP contribution in [0.5, 0.6) is 46.0 Å². The third-order valence-electron chi connectivity index (χ3n) is 22.8. The number of amides is 9. The van der Waals surface area contributed by atoms with Crippen LogP contribution in [0, 0.1) is 5.92 Å². The first kappa shape index (κ1) is 96.8. The molecule has 1 aromatic heterocycles. The Morgan fingerprint density at radius 2 is 1.37 bits per heavy atom. The number of aromatic hydroxyl groups is 3. The van der Waals surface area contributed by atoms with E-state index in [1.54, 1.807) is 31.2 Å². The molecule has 9 heterocycles. The molecule has 8 aliphatic heterocycles. The topological polar surface area (TPSA) is 594 Å². The van der Waals surface area contributed by atoms with Crippen molar-refractivity contribution in [1.82, 2.24) is 62.5 Å². The number of nitrogens with two attached hydrogens (primary N) is 1. The second-order valence-corrected chi connectivity index (χ2v) is 33.9. The number of aromatic nitrogens is 2. The number of morpholine rings is 1. The number of anilines is 1. The number of aliphatic hydroxyl groups is 6. The third-order valence-corrected chi connectivity index (χ3v) is 23.7. The summed E-state index contributed by atoms with van der Waals surface area (Å²) >= 11 is 20.4. The molecule has 9 amide bonds. The van der Waals surface area contributed by atoms with Gasteiger partial charge in [-0.2, -0.15) is 4.98 Å². The van der Waals surface area contributed by atoms with E-state index >= 15 is 24.0 Å². The highest BCUT2D eigenvalue weighted by Crippen LogP contribution is 2.50. The van der Waals surface area contributed by atoms with E-state index in [0.717, 1.165) is 60.7 Å². The SMILES string of the molecule is CNC(CC(C)C)C(=O)NC1C(=O)NC(CC(N)=O)C(=O)NC2C(=O)NC3C(=O)NC(C(=O)N[C@@H](C(=O)NOCCN4CCOCC4)c4cc(O)cc(O)c4-c4cc3ccc4O)C(O)c3ccc(c(Cl)c3)Oc3cc2cc(c3OC2OC(CO)C(O)C(O)C2OC2C[C@@](C)(NCCn3ccc(NC(=O)/C=C/c4ccc(Cl)cc4)nc3=O)C(O)C(C)O2)Oc2ccc(cc2Cl)C1O. The van der Waals surface area contributed by atoms with E-state index in [2.05, 4.69) is 58.3 Å². The smallest absolute Gasteiger partial charge is 0.349 e. The number of ether oxygens (including phenoxy) is 7. The molecule has 15 rings (SSSR count). The first-order valence-corrected chi connectivity index (χ1v) is 42.8. The number of nitrogens with zero attached hydrogens (tertiary/aromatic N) is 3. The number of carbonyl (C=O) groups excluding carboxylic acids is 9. The summed E-state index contributed by atoms with van der Waals surface area (Å²) in [5, 5.41) is 131. The Bertz CT molecular complexity index is 5540. The average Bonchev–Trinajstić information content (AvgIpc) is 0.763. The Morgan fingerprint density at radius 3 is 2.02 bits per heavy atom. The maximum atomic E-state index is 16.4. The van der Waals surface area contributed by atoms with E-state index in [-0.39, 0.29) is 73.3 Å². The van der Waals surface area contributed by atoms with Crippen LogP contribution >= 0.6 is 34.8 Å². The molecule has 131 heavy (non-hydrogen) atoms. The maximum Gasteiger partial charge on any atom is 0.349 e. The van der Waals surface area contributed by atoms with Crippen LogP contribution in [0.3, 0.4) is 0 Å². The lowest BCUT2D eigenvalue weighted by atomic mass is 9.85. The Kier molecular flexibility index (Phi) is 31.2. The Morgan fingerprint density at radius 1 is 0.718 bits per heavy atom. The predicted molar refractivity (Wildman–Crippen MR) is 464 cm³/mol. The number of aliphatic hydroxyl groups excluding tert-OH is 6. The van der Waals surface area contributed by atoms with Gasteiger partial charge in [0, 0.05) is 79.2 Å². The van der Waals surface area contributed by atoms with Crippen molar-refractivity contribution >= 4 is 99.9 Å². The van der Waals surface area contributed by atoms with Crippen LogP contribution in [0.2, 0.25) is 15.1 Å². The number of hydrogen-bond donors (Lipinski definition) is 20. The molecule has 16 unspecified atom stereocenters. The first-order chi connectivity index (χ1) is 62.4. The summed E-state index contributed by atoms with van der Waals surface area (Å²) in [6, 6.07) is 7.73. The first-order valence-electron chi connectivity index (χ1n) is 41.7. The van der Waals surface area contributed by atoms with Crippen molar-refractivity contribution in [3.05, 3.63) is 180 Å². The van der Waals surface area contributed by atoms with Gasteiger partial charge in [0.25, 0.3) is 5.91 Å². The van der Waals surface area contributed by atoms with Crippen LogP contribution in [0.1, 0.15) is 111 Å². The van der Waals surface area contributed by atoms with Crippen molar-refractivity contribution < 1.29 is 127 Å². The molecule has 44 heteroatoms. The maximum absolute atomic E-state index is 16.4. The molecule has 3 fully saturated rings. The van der Waals surface area contributed by atoms with Crippen molar-refractivity contribution in [3.63, 3.8) is 0 Å². The van der Waals surface area contributed by atoms with Gasteiger partial charge in [0.15, 0.2) is 23.9 Å². The number of phenols is 3. The highest BCUT2D eigenvalue weighted by molar-refractivity contribution is 6.32. The number of carbonyl (C=O) groups is 9. The van der Waals surface area contributed by atoms with Gasteiger partial charge in [0.05, 0.1) is 61.1 Å². The van der Waals surface area contributed by atoms with Crippen LogP contribution in [-0.4, -0.2) is 252 Å². The zero-order valence-electron chi connectivity index (χ0n) is 70.9. The minimum atomic E-state index is -2.40. The van der Waals surface area contributed by atoms with E-state index in [1.165, 1.54) is 61.2 Å². The van der Waals surface area contributed by atoms with Gasteiger partial charge in [0.1, 0.15) is 101 Å². The zero-order valence-corrected chi connectivity index (χ0v) is 73.2. The lowest BCUT2D eigenvalue weighted by Crippen LogP contribution is -2.65. The van der Waals surface area contributed by atoms with Gasteiger partial charge in [-0.25, -0.2) is 10.3 Å². The summed E-state index contributed by atoms with van der Waals surface area (Å²) < 4.78 is 46.2. The summed E-state index contributed by atoms with van der Waals surface area (Å²) in [7, 11) is 1.47. The normalized spacial score (nSPS) is 26.2. The van der Waals surface area contributed by atoms with E-state index in [4.69, 9.17) is 78.5 Å². The number of phenolic OH excluding ortho intramolecular Hbond substituents is 3. The van der Waals surface area contributed by atoms with E-state index in [1.807, 2.05) is 18.7 Å². The summed E-state index contributed by atoms with van der Waals surface area (Å²) in [6.45, 7) is 7.66. The molecular formula is C87H99Cl3N14O27. The summed E-state index contributed by atoms with van der Waals surface area (Å²) in [6.07, 6.45) is -15.4. The number of rotatable bonds is 24. The molecule has 8 aliphatic rings. The van der Waals surface area contributed by atoms with Crippen molar-refractivity contribution in [3.8, 4) is 57.1 Å². The van der Waals surface area contributed by atoms with Gasteiger partial charge < -0.3 is 133 Å². The Balaban J connectivity index is 0.932. The van der Waals surface area contributed by atoms with Gasteiger partial charge in [-0.3, -0.25) is 57.5 Å². The van der Waals surface area contributed by atoms with E-state index in [9.17, 15) is 69.9 Å².